The zero-order valence-corrected chi connectivity index (χ0v) is 22.1. The molecular weight excluding hydrogens is 543 g/mol. The number of hydrogen-bond donors (Lipinski definition) is 3. The Kier molecular flexibility index (Phi) is 8.63. The highest BCUT2D eigenvalue weighted by molar-refractivity contribution is 5.83. The van der Waals surface area contributed by atoms with Gasteiger partial charge in [-0.25, -0.2) is 4.39 Å². The van der Waals surface area contributed by atoms with E-state index < -0.39 is 60.0 Å². The zero-order valence-electron chi connectivity index (χ0n) is 22.1. The Morgan fingerprint density at radius 2 is 1.45 bits per heavy atom. The number of carbonyl (C=O) groups excluding carboxylic acids is 1. The largest absolute Gasteiger partial charge is 0.407 e. The summed E-state index contributed by atoms with van der Waals surface area (Å²) in [5.41, 5.74) is -4.59. The van der Waals surface area contributed by atoms with E-state index in [1.807, 2.05) is 6.07 Å². The standard InChI is InChI=1S/C28H30F7N3O2/c1-24(2,29)14-21(23(39)38-26(16-36)12-13-26)37-22(28(33,34)35)19-6-4-17(5-7-19)18-8-10-20(11-9-18)25(3,40)15-27(30,31)32/h4-11,21-22,37,40H,12-15H2,1-3H3,(H,38,39)/t21-,22?,25?/m0/s1. The number of nitriles is 1. The molecule has 0 aliphatic heterocycles. The lowest BCUT2D eigenvalue weighted by atomic mass is 9.90. The van der Waals surface area contributed by atoms with E-state index in [4.69, 9.17) is 0 Å². The summed E-state index contributed by atoms with van der Waals surface area (Å²) in [6, 6.07) is 8.62. The molecule has 1 amide bonds. The maximum absolute atomic E-state index is 14.5. The first kappa shape index (κ1) is 31.4. The summed E-state index contributed by atoms with van der Waals surface area (Å²) in [7, 11) is 0. The molecule has 1 aliphatic rings. The summed E-state index contributed by atoms with van der Waals surface area (Å²) >= 11 is 0. The molecule has 3 atom stereocenters. The number of halogens is 7. The van der Waals surface area contributed by atoms with Crippen molar-refractivity contribution in [3.63, 3.8) is 0 Å². The molecule has 1 saturated carbocycles. The van der Waals surface area contributed by atoms with Crippen LogP contribution < -0.4 is 10.6 Å². The lowest BCUT2D eigenvalue weighted by Crippen LogP contribution is -2.53. The average Bonchev–Trinajstić information content (AvgIpc) is 3.59. The molecule has 1 aliphatic carbocycles. The number of rotatable bonds is 10. The Labute approximate surface area is 227 Å². The second-order valence-corrected chi connectivity index (χ2v) is 11.1. The summed E-state index contributed by atoms with van der Waals surface area (Å²) in [5, 5.41) is 24.1. The summed E-state index contributed by atoms with van der Waals surface area (Å²) in [5.74, 6) is -0.905. The molecule has 0 bridgehead atoms. The predicted octanol–water partition coefficient (Wildman–Crippen LogP) is 6.39. The third-order valence-electron chi connectivity index (χ3n) is 6.66. The number of alkyl halides is 7. The molecule has 0 spiro atoms. The van der Waals surface area contributed by atoms with Crippen LogP contribution in [0.3, 0.4) is 0 Å². The molecule has 3 rings (SSSR count). The van der Waals surface area contributed by atoms with Crippen LogP contribution in [0.1, 0.15) is 63.6 Å². The van der Waals surface area contributed by atoms with Gasteiger partial charge >= 0.3 is 12.4 Å². The van der Waals surface area contributed by atoms with Crippen molar-refractivity contribution < 1.29 is 40.6 Å². The van der Waals surface area contributed by atoms with Crippen LogP contribution in [0.2, 0.25) is 0 Å². The Balaban J connectivity index is 1.83. The maximum Gasteiger partial charge on any atom is 0.407 e. The van der Waals surface area contributed by atoms with Crippen LogP contribution in [-0.4, -0.2) is 40.6 Å². The lowest BCUT2D eigenvalue weighted by molar-refractivity contribution is -0.174. The van der Waals surface area contributed by atoms with Crippen molar-refractivity contribution in [2.75, 3.05) is 0 Å². The van der Waals surface area contributed by atoms with E-state index in [0.717, 1.165) is 20.8 Å². The van der Waals surface area contributed by atoms with Crippen molar-refractivity contribution in [3.05, 3.63) is 59.7 Å². The van der Waals surface area contributed by atoms with Gasteiger partial charge in [0.05, 0.1) is 24.1 Å². The second-order valence-electron chi connectivity index (χ2n) is 11.1. The summed E-state index contributed by atoms with van der Waals surface area (Å²) in [6.45, 7) is 3.31. The molecule has 0 radical (unpaired) electrons. The number of carbonyl (C=O) groups is 1. The van der Waals surface area contributed by atoms with Crippen LogP contribution in [-0.2, 0) is 10.4 Å². The van der Waals surface area contributed by atoms with Crippen LogP contribution >= 0.6 is 0 Å². The fourth-order valence-corrected chi connectivity index (χ4v) is 4.39. The Hall–Kier alpha value is -3.17. The number of benzene rings is 2. The third kappa shape index (κ3) is 8.41. The average molecular weight is 574 g/mol. The molecule has 12 heteroatoms. The van der Waals surface area contributed by atoms with E-state index in [1.165, 1.54) is 48.5 Å². The number of aliphatic hydroxyl groups is 1. The normalized spacial score (nSPS) is 18.2. The molecule has 218 valence electrons. The van der Waals surface area contributed by atoms with E-state index in [2.05, 4.69) is 10.6 Å². The van der Waals surface area contributed by atoms with Crippen LogP contribution in [0, 0.1) is 11.3 Å². The predicted molar refractivity (Wildman–Crippen MR) is 133 cm³/mol. The van der Waals surface area contributed by atoms with Gasteiger partial charge in [0.1, 0.15) is 17.2 Å². The van der Waals surface area contributed by atoms with E-state index >= 15 is 0 Å². The fourth-order valence-electron chi connectivity index (χ4n) is 4.39. The molecule has 40 heavy (non-hydrogen) atoms. The SMILES string of the molecule is CC(C)(F)C[C@H](NC(c1ccc(-c2ccc(C(C)(O)CC(F)(F)F)cc2)cc1)C(F)(F)F)C(=O)NC1(C#N)CC1. The van der Waals surface area contributed by atoms with Crippen LogP contribution in [0.4, 0.5) is 30.7 Å². The minimum atomic E-state index is -4.86. The third-order valence-corrected chi connectivity index (χ3v) is 6.66. The van der Waals surface area contributed by atoms with Gasteiger partial charge in [-0.2, -0.15) is 31.6 Å². The monoisotopic (exact) mass is 573 g/mol. The van der Waals surface area contributed by atoms with Crippen LogP contribution in [0.15, 0.2) is 48.5 Å². The number of amides is 1. The number of nitrogens with one attached hydrogen (secondary N) is 2. The van der Waals surface area contributed by atoms with E-state index in [-0.39, 0.29) is 11.1 Å². The molecule has 2 unspecified atom stereocenters. The van der Waals surface area contributed by atoms with Gasteiger partial charge in [0.2, 0.25) is 5.91 Å². The molecule has 3 N–H and O–H groups in total. The highest BCUT2D eigenvalue weighted by Crippen LogP contribution is 2.38. The first-order valence-corrected chi connectivity index (χ1v) is 12.5. The summed E-state index contributed by atoms with van der Waals surface area (Å²) in [4.78, 5) is 12.8. The molecule has 0 aromatic heterocycles. The minimum Gasteiger partial charge on any atom is -0.385 e. The van der Waals surface area contributed by atoms with Crippen molar-refractivity contribution in [1.82, 2.24) is 10.6 Å². The lowest BCUT2D eigenvalue weighted by Gasteiger charge is -2.30. The Bertz CT molecular complexity index is 1220. The number of nitrogens with zero attached hydrogens (tertiary/aromatic N) is 1. The second kappa shape index (κ2) is 11.0. The molecule has 0 heterocycles. The highest BCUT2D eigenvalue weighted by Gasteiger charge is 2.48. The highest BCUT2D eigenvalue weighted by atomic mass is 19.4. The van der Waals surface area contributed by atoms with Crippen LogP contribution in [0.5, 0.6) is 0 Å². The molecule has 0 saturated heterocycles. The fraction of sp³-hybridized carbons (Fsp3) is 0.500. The van der Waals surface area contributed by atoms with Gasteiger partial charge in [0, 0.05) is 6.42 Å². The Morgan fingerprint density at radius 1 is 0.950 bits per heavy atom. The smallest absolute Gasteiger partial charge is 0.385 e. The maximum atomic E-state index is 14.5. The van der Waals surface area contributed by atoms with E-state index in [0.29, 0.717) is 24.0 Å². The van der Waals surface area contributed by atoms with Gasteiger partial charge in [0.15, 0.2) is 0 Å². The molecule has 2 aromatic rings. The van der Waals surface area contributed by atoms with Gasteiger partial charge < -0.3 is 10.4 Å². The molecular formula is C28H30F7N3O2. The van der Waals surface area contributed by atoms with Gasteiger partial charge in [-0.3, -0.25) is 10.1 Å². The van der Waals surface area contributed by atoms with Gasteiger partial charge in [-0.05, 0) is 55.9 Å². The van der Waals surface area contributed by atoms with Gasteiger partial charge in [0.25, 0.3) is 0 Å². The quantitative estimate of drug-likeness (QED) is 0.288. The van der Waals surface area contributed by atoms with E-state index in [9.17, 15) is 45.9 Å². The zero-order chi connectivity index (χ0) is 30.1. The van der Waals surface area contributed by atoms with E-state index in [1.54, 1.807) is 0 Å². The van der Waals surface area contributed by atoms with Crippen LogP contribution in [0.25, 0.3) is 11.1 Å². The van der Waals surface area contributed by atoms with Gasteiger partial charge in [-0.15, -0.1) is 0 Å². The molecule has 1 fully saturated rings. The Morgan fingerprint density at radius 3 is 1.85 bits per heavy atom. The molecule has 2 aromatic carbocycles. The van der Waals surface area contributed by atoms with Crippen molar-refractivity contribution in [1.29, 1.82) is 5.26 Å². The van der Waals surface area contributed by atoms with Crippen molar-refractivity contribution in [2.45, 2.75) is 87.7 Å². The first-order chi connectivity index (χ1) is 18.2. The topological polar surface area (TPSA) is 85.2 Å². The minimum absolute atomic E-state index is 0.0241. The molecule has 5 nitrogen and oxygen atoms in total. The van der Waals surface area contributed by atoms with Crippen molar-refractivity contribution in [3.8, 4) is 17.2 Å². The van der Waals surface area contributed by atoms with Crippen molar-refractivity contribution in [2.24, 2.45) is 0 Å². The number of hydrogen-bond acceptors (Lipinski definition) is 4. The van der Waals surface area contributed by atoms with Gasteiger partial charge in [-0.1, -0.05) is 48.5 Å². The summed E-state index contributed by atoms with van der Waals surface area (Å²) in [6.07, 6.45) is -10.8. The van der Waals surface area contributed by atoms with Crippen molar-refractivity contribution >= 4 is 5.91 Å². The summed E-state index contributed by atoms with van der Waals surface area (Å²) < 4.78 is 95.2. The first-order valence-electron chi connectivity index (χ1n) is 12.5.